The smallest absolute Gasteiger partial charge is 0.217 e. The highest BCUT2D eigenvalue weighted by Gasteiger charge is 2.71. The second-order valence-electron chi connectivity index (χ2n) is 5.79. The van der Waals surface area contributed by atoms with Crippen molar-refractivity contribution < 1.29 is 39.2 Å². The Labute approximate surface area is 142 Å². The fraction of sp³-hybridized carbons (Fsp3) is 0.714. The molecule has 2 unspecified atom stereocenters. The molecule has 1 amide bonds. The summed E-state index contributed by atoms with van der Waals surface area (Å²) in [7, 11) is 0. The van der Waals surface area contributed by atoms with Crippen LogP contribution in [0.25, 0.3) is 0 Å². The van der Waals surface area contributed by atoms with E-state index in [0.717, 1.165) is 27.7 Å². The standard InChI is InChI=1S/C14H20ClNO8/c1-5(17)9(21)11-14(23,7(3)19)13(22,6(2)18)10(12(15)24-11)16-8(4)20/h9-12,21-23H,1-4H3,(H,16,20)/t9?,10-,11+,12?,13+,14+/m0/s1. The van der Waals surface area contributed by atoms with Crippen LogP contribution in [0.5, 0.6) is 0 Å². The van der Waals surface area contributed by atoms with Crippen molar-refractivity contribution in [1.29, 1.82) is 0 Å². The number of ether oxygens (including phenoxy) is 1. The zero-order valence-electron chi connectivity index (χ0n) is 13.6. The Balaban J connectivity index is 3.64. The molecule has 0 aromatic heterocycles. The van der Waals surface area contributed by atoms with E-state index in [1.54, 1.807) is 0 Å². The average molecular weight is 366 g/mol. The molecular weight excluding hydrogens is 346 g/mol. The lowest BCUT2D eigenvalue weighted by Gasteiger charge is -2.54. The lowest BCUT2D eigenvalue weighted by atomic mass is 9.66. The third kappa shape index (κ3) is 2.98. The molecule has 1 saturated heterocycles. The minimum absolute atomic E-state index is 0.717. The molecular formula is C14H20ClNO8. The van der Waals surface area contributed by atoms with E-state index in [2.05, 4.69) is 5.32 Å². The van der Waals surface area contributed by atoms with Gasteiger partial charge in [0.05, 0.1) is 0 Å². The first-order valence-electron chi connectivity index (χ1n) is 7.03. The van der Waals surface area contributed by atoms with Crippen LogP contribution < -0.4 is 5.32 Å². The first-order chi connectivity index (χ1) is 10.8. The van der Waals surface area contributed by atoms with Crippen molar-refractivity contribution in [2.45, 2.75) is 62.7 Å². The average Bonchev–Trinajstić information content (AvgIpc) is 2.45. The van der Waals surface area contributed by atoms with Gasteiger partial charge in [-0.05, 0) is 20.8 Å². The molecule has 0 aromatic rings. The maximum atomic E-state index is 12.1. The number of amides is 1. The number of hydrogen-bond donors (Lipinski definition) is 4. The van der Waals surface area contributed by atoms with E-state index >= 15 is 0 Å². The Morgan fingerprint density at radius 2 is 1.50 bits per heavy atom. The molecule has 1 aliphatic rings. The lowest BCUT2D eigenvalue weighted by molar-refractivity contribution is -0.266. The topological polar surface area (TPSA) is 150 Å². The first-order valence-corrected chi connectivity index (χ1v) is 7.47. The molecule has 24 heavy (non-hydrogen) atoms. The Kier molecular flexibility index (Phi) is 5.89. The molecule has 9 nitrogen and oxygen atoms in total. The number of alkyl halides is 1. The van der Waals surface area contributed by atoms with Crippen LogP contribution in [0.4, 0.5) is 0 Å². The number of carbonyl (C=O) groups is 4. The quantitative estimate of drug-likeness (QED) is 0.410. The van der Waals surface area contributed by atoms with Crippen LogP contribution in [0.3, 0.4) is 0 Å². The van der Waals surface area contributed by atoms with E-state index in [0.29, 0.717) is 0 Å². The number of Topliss-reactive ketones (excluding diaryl/α,β-unsaturated/α-hetero) is 3. The van der Waals surface area contributed by atoms with Gasteiger partial charge >= 0.3 is 0 Å². The molecule has 0 aromatic carbocycles. The van der Waals surface area contributed by atoms with Crippen molar-refractivity contribution in [3.8, 4) is 0 Å². The number of aliphatic hydroxyl groups is 3. The maximum Gasteiger partial charge on any atom is 0.217 e. The highest BCUT2D eigenvalue weighted by atomic mass is 35.5. The van der Waals surface area contributed by atoms with Gasteiger partial charge in [0.1, 0.15) is 18.2 Å². The van der Waals surface area contributed by atoms with E-state index in [9.17, 15) is 34.5 Å². The van der Waals surface area contributed by atoms with Crippen LogP contribution in [0.15, 0.2) is 0 Å². The summed E-state index contributed by atoms with van der Waals surface area (Å²) in [5.41, 5.74) is -7.54. The lowest BCUT2D eigenvalue weighted by Crippen LogP contribution is -2.82. The summed E-state index contributed by atoms with van der Waals surface area (Å²) < 4.78 is 5.14. The maximum absolute atomic E-state index is 12.1. The second kappa shape index (κ2) is 6.85. The number of halogens is 1. The van der Waals surface area contributed by atoms with Crippen molar-refractivity contribution in [2.24, 2.45) is 0 Å². The Morgan fingerprint density at radius 1 is 1.04 bits per heavy atom. The Bertz CT molecular complexity index is 563. The summed E-state index contributed by atoms with van der Waals surface area (Å²) in [6.45, 7) is 3.74. The van der Waals surface area contributed by atoms with Gasteiger partial charge in [0.2, 0.25) is 5.91 Å². The highest BCUT2D eigenvalue weighted by Crippen LogP contribution is 2.42. The third-order valence-corrected chi connectivity index (χ3v) is 4.47. The minimum Gasteiger partial charge on any atom is -0.382 e. The molecule has 1 aliphatic heterocycles. The third-order valence-electron chi connectivity index (χ3n) is 4.12. The van der Waals surface area contributed by atoms with Crippen LogP contribution in [0.1, 0.15) is 27.7 Å². The van der Waals surface area contributed by atoms with Crippen LogP contribution >= 0.6 is 11.6 Å². The van der Waals surface area contributed by atoms with E-state index in [4.69, 9.17) is 16.3 Å². The molecule has 0 radical (unpaired) electrons. The normalized spacial score (nSPS) is 37.4. The van der Waals surface area contributed by atoms with Gasteiger partial charge in [-0.1, -0.05) is 11.6 Å². The molecule has 1 heterocycles. The van der Waals surface area contributed by atoms with Crippen LogP contribution in [0, 0.1) is 0 Å². The SMILES string of the molecule is CC(=O)N[C@H]1C(Cl)O[C@H](C(O)C(C)=O)[C@](O)(C(C)=O)[C@@]1(O)C(C)=O. The van der Waals surface area contributed by atoms with Gasteiger partial charge in [-0.2, -0.15) is 0 Å². The highest BCUT2D eigenvalue weighted by molar-refractivity contribution is 6.21. The summed E-state index contributed by atoms with van der Waals surface area (Å²) in [5, 5.41) is 33.9. The van der Waals surface area contributed by atoms with Gasteiger partial charge in [0.25, 0.3) is 0 Å². The molecule has 4 N–H and O–H groups in total. The van der Waals surface area contributed by atoms with E-state index in [1.807, 2.05) is 0 Å². The fourth-order valence-electron chi connectivity index (χ4n) is 2.82. The molecule has 0 aliphatic carbocycles. The predicted octanol–water partition coefficient (Wildman–Crippen LogP) is -1.96. The molecule has 136 valence electrons. The van der Waals surface area contributed by atoms with Crippen LogP contribution in [-0.2, 0) is 23.9 Å². The van der Waals surface area contributed by atoms with Crippen LogP contribution in [-0.4, -0.2) is 73.6 Å². The fourth-order valence-corrected chi connectivity index (χ4v) is 3.18. The van der Waals surface area contributed by atoms with Crippen molar-refractivity contribution in [3.63, 3.8) is 0 Å². The van der Waals surface area contributed by atoms with Gasteiger partial charge in [-0.25, -0.2) is 0 Å². The number of rotatable bonds is 5. The minimum atomic E-state index is -3.01. The molecule has 10 heteroatoms. The Morgan fingerprint density at radius 3 is 1.83 bits per heavy atom. The van der Waals surface area contributed by atoms with Gasteiger partial charge in [0, 0.05) is 6.92 Å². The number of nitrogens with one attached hydrogen (secondary N) is 1. The molecule has 0 spiro atoms. The number of ketones is 3. The first kappa shape index (κ1) is 20.7. The van der Waals surface area contributed by atoms with Crippen molar-refractivity contribution in [2.75, 3.05) is 0 Å². The monoisotopic (exact) mass is 365 g/mol. The van der Waals surface area contributed by atoms with Crippen LogP contribution in [0.2, 0.25) is 0 Å². The van der Waals surface area contributed by atoms with E-state index < -0.39 is 58.3 Å². The summed E-state index contributed by atoms with van der Waals surface area (Å²) in [6, 6.07) is -1.70. The summed E-state index contributed by atoms with van der Waals surface area (Å²) >= 11 is 5.94. The summed E-state index contributed by atoms with van der Waals surface area (Å²) in [5.74, 6) is -3.85. The molecule has 0 saturated carbocycles. The number of aliphatic hydroxyl groups excluding tert-OH is 1. The molecule has 0 bridgehead atoms. The summed E-state index contributed by atoms with van der Waals surface area (Å²) in [6.07, 6.45) is -4.04. The largest absolute Gasteiger partial charge is 0.382 e. The Hall–Kier alpha value is -1.39. The van der Waals surface area contributed by atoms with Gasteiger partial charge in [-0.15, -0.1) is 0 Å². The zero-order chi connectivity index (χ0) is 19.0. The number of hydrogen-bond acceptors (Lipinski definition) is 8. The van der Waals surface area contributed by atoms with Gasteiger partial charge in [0.15, 0.2) is 34.1 Å². The zero-order valence-corrected chi connectivity index (χ0v) is 14.3. The summed E-state index contributed by atoms with van der Waals surface area (Å²) in [4.78, 5) is 47.0. The van der Waals surface area contributed by atoms with Crippen molar-refractivity contribution in [3.05, 3.63) is 0 Å². The van der Waals surface area contributed by atoms with E-state index in [1.165, 1.54) is 0 Å². The number of carbonyl (C=O) groups excluding carboxylic acids is 4. The van der Waals surface area contributed by atoms with Crippen molar-refractivity contribution in [1.82, 2.24) is 5.32 Å². The molecule has 1 fully saturated rings. The predicted molar refractivity (Wildman–Crippen MR) is 80.1 cm³/mol. The van der Waals surface area contributed by atoms with Gasteiger partial charge < -0.3 is 25.4 Å². The second-order valence-corrected chi connectivity index (χ2v) is 6.22. The van der Waals surface area contributed by atoms with Crippen molar-refractivity contribution >= 4 is 34.9 Å². The van der Waals surface area contributed by atoms with E-state index in [-0.39, 0.29) is 0 Å². The molecule has 6 atom stereocenters. The van der Waals surface area contributed by atoms with Gasteiger partial charge in [-0.3, -0.25) is 19.2 Å². The molecule has 1 rings (SSSR count).